The number of hydrogen-bond donors (Lipinski definition) is 7. The number of nitrogens with one attached hydrogen (secondary N) is 6. The summed E-state index contributed by atoms with van der Waals surface area (Å²) >= 11 is 1.14. The summed E-state index contributed by atoms with van der Waals surface area (Å²) in [7, 11) is 4.96. The Morgan fingerprint density at radius 2 is 1.55 bits per heavy atom. The van der Waals surface area contributed by atoms with Crippen molar-refractivity contribution in [1.82, 2.24) is 36.8 Å². The van der Waals surface area contributed by atoms with Crippen LogP contribution in [0.4, 0.5) is 0 Å². The Kier molecular flexibility index (Phi) is 22.4. The van der Waals surface area contributed by atoms with Gasteiger partial charge >= 0.3 is 5.97 Å². The van der Waals surface area contributed by atoms with Crippen LogP contribution in [-0.2, 0) is 52.5 Å². The highest BCUT2D eigenvalue weighted by Crippen LogP contribution is 2.59. The molecule has 1 saturated carbocycles. The molecule has 0 aromatic carbocycles. The van der Waals surface area contributed by atoms with E-state index in [0.29, 0.717) is 19.4 Å². The van der Waals surface area contributed by atoms with Crippen LogP contribution >= 0.6 is 11.8 Å². The van der Waals surface area contributed by atoms with Gasteiger partial charge in [-0.25, -0.2) is 4.79 Å². The van der Waals surface area contributed by atoms with Crippen molar-refractivity contribution in [1.29, 1.82) is 0 Å². The van der Waals surface area contributed by atoms with Gasteiger partial charge in [0.1, 0.15) is 35.5 Å². The first-order chi connectivity index (χ1) is 30.4. The van der Waals surface area contributed by atoms with Crippen LogP contribution in [0.3, 0.4) is 0 Å². The second kappa shape index (κ2) is 26.8. The van der Waals surface area contributed by atoms with Crippen LogP contribution in [0.5, 0.6) is 0 Å². The molecule has 0 aromatic heterocycles. The lowest BCUT2D eigenvalue weighted by atomic mass is 9.68. The number of hydrogen-bond acceptors (Lipinski definition) is 14. The topological polar surface area (TPSA) is 259 Å². The van der Waals surface area contributed by atoms with E-state index < -0.39 is 66.5 Å². The van der Waals surface area contributed by atoms with E-state index in [1.807, 2.05) is 0 Å². The molecule has 3 rings (SSSR count). The van der Waals surface area contributed by atoms with E-state index >= 15 is 0 Å². The fraction of sp³-hybridized carbons (Fsp3) is 0.614. The molecule has 64 heavy (non-hydrogen) atoms. The highest BCUT2D eigenvalue weighted by molar-refractivity contribution is 7.99. The van der Waals surface area contributed by atoms with Crippen LogP contribution < -0.4 is 31.9 Å². The van der Waals surface area contributed by atoms with Gasteiger partial charge < -0.3 is 60.9 Å². The van der Waals surface area contributed by atoms with E-state index in [0.717, 1.165) is 24.6 Å². The Labute approximate surface area is 380 Å². The molecule has 20 heteroatoms. The summed E-state index contributed by atoms with van der Waals surface area (Å²) in [5.74, 6) is -3.50. The van der Waals surface area contributed by atoms with E-state index in [2.05, 4.69) is 58.7 Å². The van der Waals surface area contributed by atoms with Gasteiger partial charge in [0.2, 0.25) is 35.4 Å². The lowest BCUT2D eigenvalue weighted by Gasteiger charge is -2.42. The van der Waals surface area contributed by atoms with Crippen molar-refractivity contribution in [3.8, 4) is 0 Å². The lowest BCUT2D eigenvalue weighted by molar-refractivity contribution is -0.166. The molecule has 3 unspecified atom stereocenters. The maximum atomic E-state index is 12.9. The molecular weight excluding hydrogens is 851 g/mol. The molecule has 1 aliphatic carbocycles. The summed E-state index contributed by atoms with van der Waals surface area (Å²) < 4.78 is 24.0. The van der Waals surface area contributed by atoms with Crippen molar-refractivity contribution in [2.24, 2.45) is 5.92 Å². The van der Waals surface area contributed by atoms with Gasteiger partial charge in [-0.2, -0.15) is 0 Å². The first-order valence-electron chi connectivity index (χ1n) is 21.3. The normalized spacial score (nSPS) is 24.6. The summed E-state index contributed by atoms with van der Waals surface area (Å²) in [6.45, 7) is 7.54. The van der Waals surface area contributed by atoms with Crippen molar-refractivity contribution < 1.29 is 57.6 Å². The van der Waals surface area contributed by atoms with Gasteiger partial charge in [0.25, 0.3) is 0 Å². The third-order valence-corrected chi connectivity index (χ3v) is 11.5. The largest absolute Gasteiger partial charge is 0.456 e. The van der Waals surface area contributed by atoms with Crippen molar-refractivity contribution in [2.75, 3.05) is 72.2 Å². The highest BCUT2D eigenvalue weighted by atomic mass is 32.2. The number of aliphatic hydroxyl groups is 1. The first kappa shape index (κ1) is 53.5. The number of carbonyl (C=O) groups excluding carboxylic acids is 7. The molecule has 3 fully saturated rings. The molecule has 8 atom stereocenters. The highest BCUT2D eigenvalue weighted by Gasteiger charge is 2.72. The van der Waals surface area contributed by atoms with Gasteiger partial charge in [-0.15, -0.1) is 11.8 Å². The first-order valence-corrected chi connectivity index (χ1v) is 22.5. The second-order valence-electron chi connectivity index (χ2n) is 16.4. The van der Waals surface area contributed by atoms with Gasteiger partial charge in [-0.3, -0.25) is 28.8 Å². The Bertz CT molecular complexity index is 1780. The Balaban J connectivity index is 1.33. The van der Waals surface area contributed by atoms with Crippen molar-refractivity contribution in [2.45, 2.75) is 95.0 Å². The molecule has 19 nitrogen and oxygen atoms in total. The average molecular weight is 918 g/mol. The Morgan fingerprint density at radius 3 is 2.17 bits per heavy atom. The van der Waals surface area contributed by atoms with Crippen LogP contribution in [-0.4, -0.2) is 165 Å². The molecule has 1 spiro atoms. The van der Waals surface area contributed by atoms with E-state index in [4.69, 9.17) is 18.9 Å². The number of methoxy groups -OCH3 is 1. The third kappa shape index (κ3) is 18.3. The summed E-state index contributed by atoms with van der Waals surface area (Å²) in [5.41, 5.74) is 0.509. The minimum Gasteiger partial charge on any atom is -0.456 e. The molecule has 356 valence electrons. The zero-order valence-corrected chi connectivity index (χ0v) is 38.8. The van der Waals surface area contributed by atoms with E-state index in [1.54, 1.807) is 62.6 Å². The predicted octanol–water partition coefficient (Wildman–Crippen LogP) is -0.0802. The van der Waals surface area contributed by atoms with Gasteiger partial charge in [0.05, 0.1) is 44.2 Å². The molecule has 0 aromatic rings. The van der Waals surface area contributed by atoms with Crippen molar-refractivity contribution in [3.05, 3.63) is 60.3 Å². The zero-order valence-electron chi connectivity index (χ0n) is 37.9. The second-order valence-corrected chi connectivity index (χ2v) is 17.4. The smallest absolute Gasteiger partial charge is 0.331 e. The number of aliphatic hydroxyl groups excluding tert-OH is 1. The molecule has 0 radical (unpaired) electrons. The quantitative estimate of drug-likeness (QED) is 0.0108. The number of thioether (sulfide) groups is 1. The molecule has 2 saturated heterocycles. The number of nitrogens with zero attached hydrogens (tertiary/aromatic N) is 1. The number of likely N-dealkylation sites (N-methyl/N-ethyl adjacent to an activating group) is 1. The number of rotatable bonds is 27. The average Bonchev–Trinajstić information content (AvgIpc) is 4.16. The van der Waals surface area contributed by atoms with Crippen LogP contribution in [0.15, 0.2) is 60.3 Å². The van der Waals surface area contributed by atoms with E-state index in [-0.39, 0.29) is 66.8 Å². The summed E-state index contributed by atoms with van der Waals surface area (Å²) in [6, 6.07) is -2.47. The minimum absolute atomic E-state index is 0.0169. The molecule has 3 aliphatic rings. The number of amides is 6. The fourth-order valence-corrected chi connectivity index (χ4v) is 8.13. The predicted molar refractivity (Wildman–Crippen MR) is 240 cm³/mol. The van der Waals surface area contributed by atoms with Crippen molar-refractivity contribution >= 4 is 53.2 Å². The SMILES string of the molecule is CO[C@H]1C([C@@]2(C)O[C@@H]2CC=C(C)C)[C@]2(CC[C@H]1OC(=O)/C=C/C=C/C=C/C=C/C(=O)NCCCNC(=O)CNC(=O)C(CSCNC(C)=O)NC(=O)C(CO)NC(=O)CN(C)C)CO2. The zero-order chi connectivity index (χ0) is 47.3. The molecule has 0 bridgehead atoms. The molecule has 2 aliphatic heterocycles. The summed E-state index contributed by atoms with van der Waals surface area (Å²) in [6.07, 6.45) is 16.6. The molecular formula is C44H67N7O12S. The van der Waals surface area contributed by atoms with Gasteiger partial charge in [0, 0.05) is 45.0 Å². The van der Waals surface area contributed by atoms with Crippen LogP contribution in [0, 0.1) is 5.92 Å². The number of epoxide rings is 2. The Hall–Kier alpha value is -4.86. The monoisotopic (exact) mass is 917 g/mol. The lowest BCUT2D eigenvalue weighted by Crippen LogP contribution is -2.57. The number of esters is 1. The Morgan fingerprint density at radius 1 is 0.875 bits per heavy atom. The number of allylic oxidation sites excluding steroid dienone is 7. The van der Waals surface area contributed by atoms with Gasteiger partial charge in [-0.05, 0) is 60.5 Å². The maximum Gasteiger partial charge on any atom is 0.331 e. The van der Waals surface area contributed by atoms with Gasteiger partial charge in [-0.1, -0.05) is 48.1 Å². The molecule has 2 heterocycles. The van der Waals surface area contributed by atoms with Crippen LogP contribution in [0.25, 0.3) is 0 Å². The standard InChI is InChI=1S/C44H67N7O12S/c1-29(2)17-18-34-43(4,63-34)40-39(60-7)33(19-20-44(40)27-61-44)62-38(57)16-13-11-9-8-10-12-15-35(54)45-21-14-22-46-36(55)23-47-41(58)32(26-64-28-48-30(3)53)50-42(59)31(25-52)49-37(56)24-51(5)6/h8-13,15-17,31-34,39-40,52H,14,18-28H2,1-7H3,(H,45,54)(H,46,55)(H,47,58)(H,48,53)(H,49,56)(H,50,59)/b10-8+,11-9+,15-12+,16-13+/t31?,32?,33-,34-,39-,40?,43+,44+/m1/s1. The third-order valence-electron chi connectivity index (χ3n) is 10.6. The van der Waals surface area contributed by atoms with Crippen molar-refractivity contribution in [3.63, 3.8) is 0 Å². The van der Waals surface area contributed by atoms with E-state index in [1.165, 1.54) is 24.6 Å². The number of carbonyl (C=O) groups is 7. The summed E-state index contributed by atoms with van der Waals surface area (Å²) in [5, 5.41) is 24.9. The summed E-state index contributed by atoms with van der Waals surface area (Å²) in [4.78, 5) is 88.0. The minimum atomic E-state index is -1.31. The maximum absolute atomic E-state index is 12.9. The van der Waals surface area contributed by atoms with E-state index in [9.17, 15) is 38.7 Å². The van der Waals surface area contributed by atoms with Crippen LogP contribution in [0.2, 0.25) is 0 Å². The number of ether oxygens (including phenoxy) is 4. The molecule has 7 N–H and O–H groups in total. The van der Waals surface area contributed by atoms with Gasteiger partial charge in [0.15, 0.2) is 0 Å². The fourth-order valence-electron chi connectivity index (χ4n) is 7.24. The molecule has 6 amide bonds. The van der Waals surface area contributed by atoms with Crippen LogP contribution in [0.1, 0.15) is 53.4 Å².